The van der Waals surface area contributed by atoms with E-state index in [4.69, 9.17) is 4.74 Å². The average Bonchev–Trinajstić information content (AvgIpc) is 2.37. The molecule has 0 amide bonds. The molecule has 1 aromatic carbocycles. The van der Waals surface area contributed by atoms with Crippen LogP contribution in [0, 0.1) is 23.0 Å². The van der Waals surface area contributed by atoms with Crippen molar-refractivity contribution in [3.8, 4) is 0 Å². The first-order valence-corrected chi connectivity index (χ1v) is 6.60. The molecule has 0 aliphatic carbocycles. The predicted molar refractivity (Wildman–Crippen MR) is 71.6 cm³/mol. The van der Waals surface area contributed by atoms with E-state index >= 15 is 0 Å². The van der Waals surface area contributed by atoms with Crippen molar-refractivity contribution in [1.82, 2.24) is 0 Å². The Labute approximate surface area is 121 Å². The number of carbonyl (C=O) groups is 2. The van der Waals surface area contributed by atoms with Crippen molar-refractivity contribution in [3.63, 3.8) is 0 Å². The van der Waals surface area contributed by atoms with Crippen molar-refractivity contribution in [3.05, 3.63) is 35.4 Å². The summed E-state index contributed by atoms with van der Waals surface area (Å²) in [4.78, 5) is 23.8. The Balaban J connectivity index is 3.30. The Morgan fingerprint density at radius 1 is 1.33 bits per heavy atom. The first-order chi connectivity index (χ1) is 9.75. The first kappa shape index (κ1) is 17.1. The van der Waals surface area contributed by atoms with Gasteiger partial charge in [0.15, 0.2) is 5.41 Å². The molecule has 0 spiro atoms. The minimum atomic E-state index is -1.91. The summed E-state index contributed by atoms with van der Waals surface area (Å²) in [5.41, 5.74) is -1.95. The zero-order chi connectivity index (χ0) is 16.2. The molecular formula is C15H18F2O4. The minimum absolute atomic E-state index is 0.0203. The van der Waals surface area contributed by atoms with Gasteiger partial charge in [-0.05, 0) is 24.5 Å². The highest BCUT2D eigenvalue weighted by Crippen LogP contribution is 2.35. The van der Waals surface area contributed by atoms with Crippen molar-refractivity contribution in [1.29, 1.82) is 0 Å². The second kappa shape index (κ2) is 6.65. The van der Waals surface area contributed by atoms with E-state index in [0.29, 0.717) is 6.07 Å². The van der Waals surface area contributed by atoms with Gasteiger partial charge in [-0.25, -0.2) is 8.78 Å². The molecule has 1 aromatic rings. The number of esters is 1. The molecule has 1 rings (SSSR count). The summed E-state index contributed by atoms with van der Waals surface area (Å²) in [5.74, 6) is -4.59. The second-order valence-electron chi connectivity index (χ2n) is 5.06. The number of hydrogen-bond donors (Lipinski definition) is 1. The van der Waals surface area contributed by atoms with Crippen LogP contribution in [-0.2, 0) is 20.7 Å². The van der Waals surface area contributed by atoms with Crippen LogP contribution in [0.5, 0.6) is 0 Å². The molecule has 0 heterocycles. The van der Waals surface area contributed by atoms with Crippen molar-refractivity contribution in [2.24, 2.45) is 11.3 Å². The summed E-state index contributed by atoms with van der Waals surface area (Å²) in [5, 5.41) is 9.50. The number of aliphatic carboxylic acids is 1. The Bertz CT molecular complexity index is 542. The standard InChI is InChI=1S/C15H18F2O4/c1-4-21-14(20)15(9(2)3,13(18)19)8-10-5-6-11(16)7-12(10)17/h5-7,9H,4,8H2,1-3H3,(H,18,19). The van der Waals surface area contributed by atoms with Gasteiger partial charge in [0, 0.05) is 12.5 Å². The summed E-state index contributed by atoms with van der Waals surface area (Å²) in [6.07, 6.45) is -0.398. The number of hydrogen-bond acceptors (Lipinski definition) is 3. The Hall–Kier alpha value is -1.98. The lowest BCUT2D eigenvalue weighted by atomic mass is 9.72. The van der Waals surface area contributed by atoms with Crippen LogP contribution in [0.4, 0.5) is 8.78 Å². The highest BCUT2D eigenvalue weighted by atomic mass is 19.1. The van der Waals surface area contributed by atoms with E-state index in [1.54, 1.807) is 20.8 Å². The lowest BCUT2D eigenvalue weighted by molar-refractivity contribution is -0.172. The fourth-order valence-electron chi connectivity index (χ4n) is 2.15. The summed E-state index contributed by atoms with van der Waals surface area (Å²) < 4.78 is 31.6. The molecule has 0 radical (unpaired) electrons. The van der Waals surface area contributed by atoms with Crippen LogP contribution in [0.3, 0.4) is 0 Å². The van der Waals surface area contributed by atoms with Crippen LogP contribution in [0.1, 0.15) is 26.3 Å². The molecule has 4 nitrogen and oxygen atoms in total. The van der Waals surface area contributed by atoms with E-state index in [0.717, 1.165) is 12.1 Å². The molecule has 6 heteroatoms. The third-order valence-corrected chi connectivity index (χ3v) is 3.49. The number of carboxylic acid groups (broad SMARTS) is 1. The van der Waals surface area contributed by atoms with Crippen molar-refractivity contribution in [2.75, 3.05) is 6.61 Å². The maximum Gasteiger partial charge on any atom is 0.324 e. The molecule has 21 heavy (non-hydrogen) atoms. The van der Waals surface area contributed by atoms with E-state index < -0.39 is 41.3 Å². The van der Waals surface area contributed by atoms with Gasteiger partial charge in [0.05, 0.1) is 6.61 Å². The Morgan fingerprint density at radius 2 is 1.95 bits per heavy atom. The van der Waals surface area contributed by atoms with Crippen LogP contribution in [0.25, 0.3) is 0 Å². The van der Waals surface area contributed by atoms with Gasteiger partial charge < -0.3 is 9.84 Å². The summed E-state index contributed by atoms with van der Waals surface area (Å²) in [6.45, 7) is 4.68. The van der Waals surface area contributed by atoms with Crippen molar-refractivity contribution >= 4 is 11.9 Å². The highest BCUT2D eigenvalue weighted by molar-refractivity contribution is 5.99. The molecule has 1 N–H and O–H groups in total. The number of carboxylic acids is 1. The number of carbonyl (C=O) groups excluding carboxylic acids is 1. The molecule has 0 aliphatic rings. The second-order valence-corrected chi connectivity index (χ2v) is 5.06. The molecule has 0 fully saturated rings. The molecule has 0 bridgehead atoms. The lowest BCUT2D eigenvalue weighted by Crippen LogP contribution is -2.47. The number of rotatable bonds is 6. The van der Waals surface area contributed by atoms with Gasteiger partial charge >= 0.3 is 11.9 Å². The zero-order valence-electron chi connectivity index (χ0n) is 12.2. The first-order valence-electron chi connectivity index (χ1n) is 6.60. The monoisotopic (exact) mass is 300 g/mol. The van der Waals surface area contributed by atoms with E-state index in [2.05, 4.69) is 0 Å². The van der Waals surface area contributed by atoms with E-state index in [-0.39, 0.29) is 12.2 Å². The molecule has 0 saturated heterocycles. The molecule has 1 unspecified atom stereocenters. The van der Waals surface area contributed by atoms with Gasteiger partial charge in [-0.1, -0.05) is 19.9 Å². The van der Waals surface area contributed by atoms with E-state index in [1.165, 1.54) is 0 Å². The van der Waals surface area contributed by atoms with Gasteiger partial charge in [-0.15, -0.1) is 0 Å². The zero-order valence-corrected chi connectivity index (χ0v) is 12.2. The molecule has 0 saturated carbocycles. The van der Waals surface area contributed by atoms with Gasteiger partial charge in [-0.3, -0.25) is 9.59 Å². The summed E-state index contributed by atoms with van der Waals surface area (Å²) in [7, 11) is 0. The van der Waals surface area contributed by atoms with Gasteiger partial charge in [0.25, 0.3) is 0 Å². The number of benzene rings is 1. The fourth-order valence-corrected chi connectivity index (χ4v) is 2.15. The summed E-state index contributed by atoms with van der Waals surface area (Å²) in [6, 6.07) is 2.83. The third kappa shape index (κ3) is 3.37. The largest absolute Gasteiger partial charge is 0.480 e. The van der Waals surface area contributed by atoms with Crippen LogP contribution in [0.15, 0.2) is 18.2 Å². The quantitative estimate of drug-likeness (QED) is 0.648. The van der Waals surface area contributed by atoms with E-state index in [1.807, 2.05) is 0 Å². The number of ether oxygens (including phenoxy) is 1. The smallest absolute Gasteiger partial charge is 0.324 e. The third-order valence-electron chi connectivity index (χ3n) is 3.49. The van der Waals surface area contributed by atoms with E-state index in [9.17, 15) is 23.5 Å². The fraction of sp³-hybridized carbons (Fsp3) is 0.467. The molecule has 1 atom stereocenters. The topological polar surface area (TPSA) is 63.6 Å². The van der Waals surface area contributed by atoms with Gasteiger partial charge in [0.1, 0.15) is 11.6 Å². The predicted octanol–water partition coefficient (Wildman–Crippen LogP) is 2.80. The molecule has 0 aliphatic heterocycles. The molecular weight excluding hydrogens is 282 g/mol. The Morgan fingerprint density at radius 3 is 2.38 bits per heavy atom. The van der Waals surface area contributed by atoms with Gasteiger partial charge in [-0.2, -0.15) is 0 Å². The van der Waals surface area contributed by atoms with Gasteiger partial charge in [0.2, 0.25) is 0 Å². The maximum absolute atomic E-state index is 13.8. The maximum atomic E-state index is 13.8. The average molecular weight is 300 g/mol. The number of halogens is 2. The summed E-state index contributed by atoms with van der Waals surface area (Å²) >= 11 is 0. The Kier molecular flexibility index (Phi) is 5.41. The minimum Gasteiger partial charge on any atom is -0.480 e. The van der Waals surface area contributed by atoms with Crippen LogP contribution in [-0.4, -0.2) is 23.7 Å². The molecule has 0 aromatic heterocycles. The van der Waals surface area contributed by atoms with Crippen molar-refractivity contribution < 1.29 is 28.2 Å². The lowest BCUT2D eigenvalue weighted by Gasteiger charge is -2.31. The normalized spacial score (nSPS) is 13.8. The van der Waals surface area contributed by atoms with Crippen LogP contribution < -0.4 is 0 Å². The van der Waals surface area contributed by atoms with Crippen molar-refractivity contribution in [2.45, 2.75) is 27.2 Å². The van der Waals surface area contributed by atoms with Crippen LogP contribution >= 0.6 is 0 Å². The molecule has 116 valence electrons. The SMILES string of the molecule is CCOC(=O)C(Cc1ccc(F)cc1F)(C(=O)O)C(C)C. The van der Waals surface area contributed by atoms with Crippen LogP contribution in [0.2, 0.25) is 0 Å². The highest BCUT2D eigenvalue weighted by Gasteiger charge is 2.50.